The number of rotatable bonds is 7. The summed E-state index contributed by atoms with van der Waals surface area (Å²) in [5.41, 5.74) is 7.44. The number of aromatic nitrogens is 1. The van der Waals surface area contributed by atoms with Crippen molar-refractivity contribution in [2.24, 2.45) is 11.7 Å². The highest BCUT2D eigenvalue weighted by molar-refractivity contribution is 7.87. The number of pyridine rings is 1. The second kappa shape index (κ2) is 9.75. The van der Waals surface area contributed by atoms with Crippen LogP contribution in [0, 0.1) is 5.92 Å². The van der Waals surface area contributed by atoms with Crippen molar-refractivity contribution in [2.45, 2.75) is 52.1 Å². The van der Waals surface area contributed by atoms with Gasteiger partial charge in [-0.25, -0.2) is 9.71 Å². The predicted molar refractivity (Wildman–Crippen MR) is 137 cm³/mol. The molecule has 0 bridgehead atoms. The molecule has 0 aliphatic carbocycles. The van der Waals surface area contributed by atoms with Gasteiger partial charge in [-0.05, 0) is 75.9 Å². The minimum absolute atomic E-state index is 0.196. The maximum Gasteiger partial charge on any atom is 0.304 e. The minimum Gasteiger partial charge on any atom is -0.494 e. The van der Waals surface area contributed by atoms with Crippen LogP contribution in [0.25, 0.3) is 11.3 Å². The summed E-state index contributed by atoms with van der Waals surface area (Å²) in [5.74, 6) is 0.971. The second-order valence-corrected chi connectivity index (χ2v) is 11.8. The maximum absolute atomic E-state index is 13.3. The first-order chi connectivity index (χ1) is 16.5. The van der Waals surface area contributed by atoms with Gasteiger partial charge < -0.3 is 15.4 Å². The Balaban J connectivity index is 1.70. The largest absolute Gasteiger partial charge is 0.494 e. The van der Waals surface area contributed by atoms with E-state index in [2.05, 4.69) is 30.4 Å². The Hall–Kier alpha value is -2.69. The normalized spacial score (nSPS) is 22.4. The van der Waals surface area contributed by atoms with Crippen LogP contribution >= 0.6 is 0 Å². The van der Waals surface area contributed by atoms with Crippen LogP contribution in [0.5, 0.6) is 5.75 Å². The highest BCUT2D eigenvalue weighted by Crippen LogP contribution is 2.38. The molecule has 1 aromatic carbocycles. The first-order valence-electron chi connectivity index (χ1n) is 12.1. The van der Waals surface area contributed by atoms with Crippen molar-refractivity contribution in [3.63, 3.8) is 0 Å². The molecule has 35 heavy (non-hydrogen) atoms. The van der Waals surface area contributed by atoms with E-state index < -0.39 is 16.1 Å². The lowest BCUT2D eigenvalue weighted by molar-refractivity contribution is 0.0979. The van der Waals surface area contributed by atoms with E-state index in [-0.39, 0.29) is 23.7 Å². The topological polar surface area (TPSA) is 118 Å². The summed E-state index contributed by atoms with van der Waals surface area (Å²) in [6, 6.07) is 10.8. The van der Waals surface area contributed by atoms with Crippen molar-refractivity contribution >= 4 is 21.9 Å². The number of carbonyl (C=O) groups excluding carboxylic acids is 1. The molecule has 2 saturated heterocycles. The van der Waals surface area contributed by atoms with E-state index in [1.54, 1.807) is 12.1 Å². The Morgan fingerprint density at radius 3 is 2.49 bits per heavy atom. The fourth-order valence-electron chi connectivity index (χ4n) is 5.05. The van der Waals surface area contributed by atoms with E-state index in [0.717, 1.165) is 24.3 Å². The van der Waals surface area contributed by atoms with Gasteiger partial charge in [-0.3, -0.25) is 4.79 Å². The van der Waals surface area contributed by atoms with Gasteiger partial charge in [-0.15, -0.1) is 0 Å². The Morgan fingerprint density at radius 2 is 1.91 bits per heavy atom. The predicted octanol–water partition coefficient (Wildman–Crippen LogP) is 2.78. The molecule has 2 fully saturated rings. The van der Waals surface area contributed by atoms with Crippen LogP contribution < -0.4 is 20.1 Å². The standard InChI is InChI=1S/C25H35N5O4S/c1-5-34-20-8-6-18(7-9-20)22-11-10-21(23(27-22)30-15-17(2)14-25(30,3)4)24(31)28-35(32,33)29-13-12-19(26)16-29/h6-11,17,19H,5,12-16,26H2,1-4H3,(H,28,31)/t17-,19-/m0/s1. The molecule has 0 unspecified atom stereocenters. The lowest BCUT2D eigenvalue weighted by Crippen LogP contribution is -2.44. The molecule has 2 aliphatic heterocycles. The number of anilines is 1. The molecule has 1 aromatic heterocycles. The van der Waals surface area contributed by atoms with Gasteiger partial charge in [-0.2, -0.15) is 12.7 Å². The SMILES string of the molecule is CCOc1ccc(-c2ccc(C(=O)NS(=O)(=O)N3CC[C@H](N)C3)c(N3C[C@@H](C)CC3(C)C)n2)cc1. The number of hydrogen-bond acceptors (Lipinski definition) is 7. The molecule has 0 saturated carbocycles. The average Bonchev–Trinajstić information content (AvgIpc) is 3.35. The van der Waals surface area contributed by atoms with E-state index in [9.17, 15) is 13.2 Å². The van der Waals surface area contributed by atoms with E-state index in [0.29, 0.717) is 37.0 Å². The summed E-state index contributed by atoms with van der Waals surface area (Å²) in [6.07, 6.45) is 1.51. The molecule has 9 nitrogen and oxygen atoms in total. The molecule has 2 aliphatic rings. The number of carbonyl (C=O) groups is 1. The number of nitrogens with one attached hydrogen (secondary N) is 1. The van der Waals surface area contributed by atoms with Gasteiger partial charge >= 0.3 is 10.2 Å². The fourth-order valence-corrected chi connectivity index (χ4v) is 6.26. The van der Waals surface area contributed by atoms with Gasteiger partial charge in [0.1, 0.15) is 11.6 Å². The molecular formula is C25H35N5O4S. The molecule has 0 spiro atoms. The molecule has 2 atom stereocenters. The summed E-state index contributed by atoms with van der Waals surface area (Å²) in [6.45, 7) is 10.1. The van der Waals surface area contributed by atoms with Crippen molar-refractivity contribution in [1.82, 2.24) is 14.0 Å². The summed E-state index contributed by atoms with van der Waals surface area (Å²) in [4.78, 5) is 20.3. The molecule has 0 radical (unpaired) electrons. The maximum atomic E-state index is 13.3. The van der Waals surface area contributed by atoms with E-state index in [4.69, 9.17) is 15.5 Å². The number of benzene rings is 1. The number of hydrogen-bond donors (Lipinski definition) is 2. The second-order valence-electron chi connectivity index (χ2n) is 10.1. The highest BCUT2D eigenvalue weighted by atomic mass is 32.2. The Morgan fingerprint density at radius 1 is 1.20 bits per heavy atom. The van der Waals surface area contributed by atoms with Gasteiger partial charge in [0.15, 0.2) is 0 Å². The van der Waals surface area contributed by atoms with E-state index in [1.165, 1.54) is 4.31 Å². The van der Waals surface area contributed by atoms with E-state index >= 15 is 0 Å². The van der Waals surface area contributed by atoms with Crippen molar-refractivity contribution in [3.05, 3.63) is 42.0 Å². The van der Waals surface area contributed by atoms with Crippen LogP contribution in [-0.4, -0.2) is 61.4 Å². The number of amides is 1. The third-order valence-electron chi connectivity index (χ3n) is 6.66. The third kappa shape index (κ3) is 5.44. The molecule has 4 rings (SSSR count). The van der Waals surface area contributed by atoms with Crippen molar-refractivity contribution in [1.29, 1.82) is 0 Å². The first-order valence-corrected chi connectivity index (χ1v) is 13.5. The highest BCUT2D eigenvalue weighted by Gasteiger charge is 2.39. The molecule has 3 N–H and O–H groups in total. The fraction of sp³-hybridized carbons (Fsp3) is 0.520. The molecule has 190 valence electrons. The Kier molecular flexibility index (Phi) is 7.08. The zero-order chi connectivity index (χ0) is 25.4. The van der Waals surface area contributed by atoms with Gasteiger partial charge in [0.2, 0.25) is 0 Å². The smallest absolute Gasteiger partial charge is 0.304 e. The number of ether oxygens (including phenoxy) is 1. The molecular weight excluding hydrogens is 466 g/mol. The van der Waals surface area contributed by atoms with Crippen LogP contribution in [0.2, 0.25) is 0 Å². The Labute approximate surface area is 207 Å². The zero-order valence-corrected chi connectivity index (χ0v) is 21.6. The monoisotopic (exact) mass is 501 g/mol. The summed E-state index contributed by atoms with van der Waals surface area (Å²) in [7, 11) is -4.00. The molecule has 3 heterocycles. The quantitative estimate of drug-likeness (QED) is 0.599. The summed E-state index contributed by atoms with van der Waals surface area (Å²) >= 11 is 0. The average molecular weight is 502 g/mol. The first kappa shape index (κ1) is 25.4. The lowest BCUT2D eigenvalue weighted by atomic mass is 9.97. The lowest BCUT2D eigenvalue weighted by Gasteiger charge is -2.34. The summed E-state index contributed by atoms with van der Waals surface area (Å²) in [5, 5.41) is 0. The van der Waals surface area contributed by atoms with Gasteiger partial charge in [0.25, 0.3) is 5.91 Å². The van der Waals surface area contributed by atoms with Crippen LogP contribution in [-0.2, 0) is 10.2 Å². The zero-order valence-electron chi connectivity index (χ0n) is 20.8. The Bertz CT molecular complexity index is 1180. The molecule has 2 aromatic rings. The molecule has 1 amide bonds. The van der Waals surface area contributed by atoms with Gasteiger partial charge in [0.05, 0.1) is 17.9 Å². The van der Waals surface area contributed by atoms with E-state index in [1.807, 2.05) is 31.2 Å². The molecule has 10 heteroatoms. The van der Waals surface area contributed by atoms with Crippen molar-refractivity contribution < 1.29 is 17.9 Å². The van der Waals surface area contributed by atoms with Crippen LogP contribution in [0.3, 0.4) is 0 Å². The third-order valence-corrected chi connectivity index (χ3v) is 8.11. The van der Waals surface area contributed by atoms with Crippen LogP contribution in [0.4, 0.5) is 5.82 Å². The van der Waals surface area contributed by atoms with Gasteiger partial charge in [0, 0.05) is 36.8 Å². The summed E-state index contributed by atoms with van der Waals surface area (Å²) < 4.78 is 34.7. The number of nitrogens with zero attached hydrogens (tertiary/aromatic N) is 3. The van der Waals surface area contributed by atoms with Gasteiger partial charge in [-0.1, -0.05) is 6.92 Å². The van der Waals surface area contributed by atoms with Crippen LogP contribution in [0.15, 0.2) is 36.4 Å². The number of nitrogens with two attached hydrogens (primary N) is 1. The van der Waals surface area contributed by atoms with Crippen LogP contribution in [0.1, 0.15) is 50.9 Å². The van der Waals surface area contributed by atoms with Crippen molar-refractivity contribution in [3.8, 4) is 17.0 Å². The van der Waals surface area contributed by atoms with Crippen molar-refractivity contribution in [2.75, 3.05) is 31.1 Å². The minimum atomic E-state index is -4.00.